The van der Waals surface area contributed by atoms with Gasteiger partial charge in [0.05, 0.1) is 25.5 Å². The third-order valence-electron chi connectivity index (χ3n) is 3.97. The number of nitrogens with one attached hydrogen (secondary N) is 1. The van der Waals surface area contributed by atoms with Crippen molar-refractivity contribution in [1.29, 1.82) is 0 Å². The van der Waals surface area contributed by atoms with Crippen LogP contribution in [0.1, 0.15) is 10.6 Å². The highest BCUT2D eigenvalue weighted by atomic mass is 16.5. The Morgan fingerprint density at radius 3 is 2.86 bits per heavy atom. The highest BCUT2D eigenvalue weighted by Gasteiger charge is 2.14. The summed E-state index contributed by atoms with van der Waals surface area (Å²) in [5.41, 5.74) is 1.35. The van der Waals surface area contributed by atoms with E-state index < -0.39 is 0 Å². The maximum Gasteiger partial charge on any atom is 0.287 e. The van der Waals surface area contributed by atoms with E-state index in [1.165, 1.54) is 6.26 Å². The fourth-order valence-electron chi connectivity index (χ4n) is 2.66. The molecule has 0 aliphatic rings. The Bertz CT molecular complexity index is 1090. The van der Waals surface area contributed by atoms with Crippen LogP contribution >= 0.6 is 0 Å². The number of rotatable bonds is 7. The fraction of sp³-hybridized carbons (Fsp3) is 0.158. The Hall–Kier alpha value is -3.88. The zero-order valence-electron chi connectivity index (χ0n) is 15.0. The standard InChI is InChI=1S/C19H17N5O4/c1-26-14-6-3-2-5-13(14)18-22-21-16-8-9-17(23-24(16)18)28-12-10-20-19(25)15-7-4-11-27-15/h2-9,11H,10,12H2,1H3,(H,20,25). The van der Waals surface area contributed by atoms with Crippen LogP contribution in [0.3, 0.4) is 0 Å². The van der Waals surface area contributed by atoms with Gasteiger partial charge in [-0.05, 0) is 30.3 Å². The zero-order valence-corrected chi connectivity index (χ0v) is 15.0. The Morgan fingerprint density at radius 1 is 1.14 bits per heavy atom. The van der Waals surface area contributed by atoms with E-state index in [1.807, 2.05) is 24.3 Å². The van der Waals surface area contributed by atoms with Crippen LogP contribution in [-0.2, 0) is 0 Å². The van der Waals surface area contributed by atoms with E-state index in [2.05, 4.69) is 20.6 Å². The van der Waals surface area contributed by atoms with Gasteiger partial charge in [0.2, 0.25) is 5.88 Å². The number of hydrogen-bond acceptors (Lipinski definition) is 7. The summed E-state index contributed by atoms with van der Waals surface area (Å²) in [5, 5.41) is 15.5. The lowest BCUT2D eigenvalue weighted by atomic mass is 10.2. The first-order chi connectivity index (χ1) is 13.8. The van der Waals surface area contributed by atoms with Gasteiger partial charge in [-0.2, -0.15) is 4.52 Å². The zero-order chi connectivity index (χ0) is 19.3. The van der Waals surface area contributed by atoms with Crippen LogP contribution in [0.15, 0.2) is 59.2 Å². The molecule has 0 bridgehead atoms. The first kappa shape index (κ1) is 17.5. The molecule has 1 aromatic carbocycles. The number of carbonyl (C=O) groups is 1. The number of benzene rings is 1. The summed E-state index contributed by atoms with van der Waals surface area (Å²) >= 11 is 0. The topological polar surface area (TPSA) is 104 Å². The maximum absolute atomic E-state index is 11.8. The Morgan fingerprint density at radius 2 is 2.04 bits per heavy atom. The van der Waals surface area contributed by atoms with Gasteiger partial charge in [0, 0.05) is 6.07 Å². The lowest BCUT2D eigenvalue weighted by molar-refractivity contribution is 0.0919. The molecule has 3 heterocycles. The maximum atomic E-state index is 11.8. The van der Waals surface area contributed by atoms with E-state index >= 15 is 0 Å². The number of carbonyl (C=O) groups excluding carboxylic acids is 1. The lowest BCUT2D eigenvalue weighted by Crippen LogP contribution is -2.27. The van der Waals surface area contributed by atoms with E-state index in [0.717, 1.165) is 5.56 Å². The van der Waals surface area contributed by atoms with E-state index in [-0.39, 0.29) is 18.3 Å². The summed E-state index contributed by atoms with van der Waals surface area (Å²) < 4.78 is 17.7. The molecule has 9 heteroatoms. The van der Waals surface area contributed by atoms with Crippen LogP contribution in [0, 0.1) is 0 Å². The largest absolute Gasteiger partial charge is 0.496 e. The number of fused-ring (bicyclic) bond motifs is 1. The van der Waals surface area contributed by atoms with Gasteiger partial charge in [0.15, 0.2) is 17.2 Å². The molecule has 0 aliphatic carbocycles. The molecule has 0 aliphatic heterocycles. The highest BCUT2D eigenvalue weighted by molar-refractivity contribution is 5.91. The van der Waals surface area contributed by atoms with Gasteiger partial charge in [0.1, 0.15) is 12.4 Å². The minimum atomic E-state index is -0.297. The number of aromatic nitrogens is 4. The Labute approximate surface area is 159 Å². The van der Waals surface area contributed by atoms with Crippen molar-refractivity contribution in [2.45, 2.75) is 0 Å². The van der Waals surface area contributed by atoms with Gasteiger partial charge in [-0.1, -0.05) is 12.1 Å². The van der Waals surface area contributed by atoms with Gasteiger partial charge in [-0.15, -0.1) is 15.3 Å². The number of furan rings is 1. The third kappa shape index (κ3) is 3.50. The van der Waals surface area contributed by atoms with Crippen molar-refractivity contribution >= 4 is 11.6 Å². The predicted octanol–water partition coefficient (Wildman–Crippen LogP) is 2.20. The number of ether oxygens (including phenoxy) is 2. The van der Waals surface area contributed by atoms with Crippen LogP contribution < -0.4 is 14.8 Å². The predicted molar refractivity (Wildman–Crippen MR) is 99.3 cm³/mol. The van der Waals surface area contributed by atoms with Crippen molar-refractivity contribution in [3.8, 4) is 23.0 Å². The van der Waals surface area contributed by atoms with Crippen LogP contribution in [0.4, 0.5) is 0 Å². The number of amides is 1. The molecule has 0 unspecified atom stereocenters. The second-order valence-corrected chi connectivity index (χ2v) is 5.75. The van der Waals surface area contributed by atoms with Crippen molar-refractivity contribution < 1.29 is 18.7 Å². The van der Waals surface area contributed by atoms with Gasteiger partial charge in [0.25, 0.3) is 5.91 Å². The van der Waals surface area contributed by atoms with Crippen molar-refractivity contribution in [2.75, 3.05) is 20.3 Å². The number of para-hydroxylation sites is 1. The molecular weight excluding hydrogens is 362 g/mol. The monoisotopic (exact) mass is 379 g/mol. The Balaban J connectivity index is 1.46. The van der Waals surface area contributed by atoms with Gasteiger partial charge < -0.3 is 19.2 Å². The highest BCUT2D eigenvalue weighted by Crippen LogP contribution is 2.28. The Kier molecular flexibility index (Phi) is 4.87. The molecule has 0 atom stereocenters. The minimum Gasteiger partial charge on any atom is -0.496 e. The summed E-state index contributed by atoms with van der Waals surface area (Å²) in [6.45, 7) is 0.553. The van der Waals surface area contributed by atoms with E-state index in [1.54, 1.807) is 35.9 Å². The normalized spacial score (nSPS) is 10.8. The average molecular weight is 379 g/mol. The molecule has 1 amide bonds. The summed E-state index contributed by atoms with van der Waals surface area (Å²) in [6, 6.07) is 14.2. The van der Waals surface area contributed by atoms with Crippen LogP contribution in [0.5, 0.6) is 11.6 Å². The number of hydrogen-bond donors (Lipinski definition) is 1. The molecule has 0 fully saturated rings. The summed E-state index contributed by atoms with van der Waals surface area (Å²) in [6.07, 6.45) is 1.45. The van der Waals surface area contributed by atoms with Crippen LogP contribution in [-0.4, -0.2) is 46.0 Å². The number of nitrogens with zero attached hydrogens (tertiary/aromatic N) is 4. The first-order valence-electron chi connectivity index (χ1n) is 8.56. The van der Waals surface area contributed by atoms with Crippen molar-refractivity contribution in [3.05, 3.63) is 60.6 Å². The molecular formula is C19H17N5O4. The van der Waals surface area contributed by atoms with Crippen LogP contribution in [0.25, 0.3) is 17.0 Å². The molecule has 4 aromatic rings. The first-order valence-corrected chi connectivity index (χ1v) is 8.56. The molecule has 0 saturated carbocycles. The van der Waals surface area contributed by atoms with Crippen molar-refractivity contribution in [1.82, 2.24) is 25.1 Å². The summed E-state index contributed by atoms with van der Waals surface area (Å²) in [5.74, 6) is 1.56. The van der Waals surface area contributed by atoms with Gasteiger partial charge in [-0.25, -0.2) is 0 Å². The van der Waals surface area contributed by atoms with E-state index in [4.69, 9.17) is 13.9 Å². The molecule has 28 heavy (non-hydrogen) atoms. The molecule has 4 rings (SSSR count). The van der Waals surface area contributed by atoms with Gasteiger partial charge >= 0.3 is 0 Å². The van der Waals surface area contributed by atoms with Gasteiger partial charge in [-0.3, -0.25) is 4.79 Å². The summed E-state index contributed by atoms with van der Waals surface area (Å²) in [7, 11) is 1.60. The minimum absolute atomic E-state index is 0.247. The van der Waals surface area contributed by atoms with Crippen molar-refractivity contribution in [3.63, 3.8) is 0 Å². The number of methoxy groups -OCH3 is 1. The SMILES string of the molecule is COc1ccccc1-c1nnc2ccc(OCCNC(=O)c3ccco3)nn12. The molecule has 0 radical (unpaired) electrons. The fourth-order valence-corrected chi connectivity index (χ4v) is 2.66. The molecule has 0 spiro atoms. The second kappa shape index (κ2) is 7.78. The molecule has 9 nitrogen and oxygen atoms in total. The molecule has 142 valence electrons. The molecule has 3 aromatic heterocycles. The third-order valence-corrected chi connectivity index (χ3v) is 3.97. The molecule has 1 N–H and O–H groups in total. The average Bonchev–Trinajstić information content (AvgIpc) is 3.41. The molecule has 0 saturated heterocycles. The quantitative estimate of drug-likeness (QED) is 0.491. The smallest absolute Gasteiger partial charge is 0.287 e. The van der Waals surface area contributed by atoms with E-state index in [9.17, 15) is 4.79 Å². The lowest BCUT2D eigenvalue weighted by Gasteiger charge is -2.08. The summed E-state index contributed by atoms with van der Waals surface area (Å²) in [4.78, 5) is 11.8. The van der Waals surface area contributed by atoms with E-state index in [0.29, 0.717) is 29.6 Å². The van der Waals surface area contributed by atoms with Crippen molar-refractivity contribution in [2.24, 2.45) is 0 Å². The van der Waals surface area contributed by atoms with Crippen LogP contribution in [0.2, 0.25) is 0 Å². The second-order valence-electron chi connectivity index (χ2n) is 5.75.